The van der Waals surface area contributed by atoms with Gasteiger partial charge in [-0.2, -0.15) is 18.3 Å². The highest BCUT2D eigenvalue weighted by molar-refractivity contribution is 6.01. The number of rotatable bonds is 10. The second kappa shape index (κ2) is 13.7. The number of aliphatic hydroxyl groups is 1. The number of hydrogen-bond donors (Lipinski definition) is 4. The summed E-state index contributed by atoms with van der Waals surface area (Å²) >= 11 is 0. The van der Waals surface area contributed by atoms with E-state index < -0.39 is 23.6 Å². The maximum atomic E-state index is 15.2. The van der Waals surface area contributed by atoms with Crippen LogP contribution in [0.1, 0.15) is 30.4 Å². The first-order valence-corrected chi connectivity index (χ1v) is 14.6. The number of amides is 2. The topological polar surface area (TPSA) is 137 Å². The number of benzene rings is 2. The molecule has 0 unspecified atom stereocenters. The van der Waals surface area contributed by atoms with Crippen LogP contribution in [0.4, 0.5) is 39.5 Å². The van der Waals surface area contributed by atoms with Crippen molar-refractivity contribution in [3.63, 3.8) is 0 Å². The third kappa shape index (κ3) is 7.67. The van der Waals surface area contributed by atoms with Crippen molar-refractivity contribution in [2.75, 3.05) is 56.2 Å². The lowest BCUT2D eigenvalue weighted by Gasteiger charge is -2.33. The fraction of sp³-hybridized carbons (Fsp3) is 0.400. The highest BCUT2D eigenvalue weighted by Crippen LogP contribution is 2.35. The number of nitrogen functional groups attached to an aromatic ring is 1. The van der Waals surface area contributed by atoms with Gasteiger partial charge in [-0.3, -0.25) is 4.90 Å². The zero-order valence-corrected chi connectivity index (χ0v) is 24.7. The molecule has 2 aromatic carbocycles. The van der Waals surface area contributed by atoms with E-state index in [1.165, 1.54) is 36.7 Å². The Hall–Kier alpha value is -4.34. The van der Waals surface area contributed by atoms with E-state index in [-0.39, 0.29) is 35.9 Å². The van der Waals surface area contributed by atoms with Gasteiger partial charge in [-0.1, -0.05) is 12.1 Å². The second-order valence-corrected chi connectivity index (χ2v) is 11.0. The molecule has 0 spiro atoms. The third-order valence-corrected chi connectivity index (χ3v) is 7.74. The average Bonchev–Trinajstić information content (AvgIpc) is 3.37. The van der Waals surface area contributed by atoms with Gasteiger partial charge >= 0.3 is 12.2 Å². The number of carbonyl (C=O) groups excluding carboxylic acids is 1. The van der Waals surface area contributed by atoms with Gasteiger partial charge in [0.25, 0.3) is 0 Å². The van der Waals surface area contributed by atoms with Crippen LogP contribution >= 0.6 is 0 Å². The smallest absolute Gasteiger partial charge is 0.396 e. The molecule has 2 amide bonds. The highest BCUT2D eigenvalue weighted by Gasteiger charge is 2.34. The van der Waals surface area contributed by atoms with Crippen LogP contribution in [0.2, 0.25) is 0 Å². The molecule has 0 aliphatic carbocycles. The zero-order valence-electron chi connectivity index (χ0n) is 24.7. The molecule has 0 atom stereocenters. The summed E-state index contributed by atoms with van der Waals surface area (Å²) < 4.78 is 58.7. The summed E-state index contributed by atoms with van der Waals surface area (Å²) in [5.41, 5.74) is 6.34. The number of fused-ring (bicyclic) bond motifs is 1. The molecule has 240 valence electrons. The lowest BCUT2D eigenvalue weighted by atomic mass is 10.0. The number of alkyl halides is 3. The van der Waals surface area contributed by atoms with E-state index in [0.717, 1.165) is 32.0 Å². The predicted molar refractivity (Wildman–Crippen MR) is 163 cm³/mol. The lowest BCUT2D eigenvalue weighted by Crippen LogP contribution is -2.44. The molecule has 1 aliphatic rings. The van der Waals surface area contributed by atoms with Gasteiger partial charge in [0.1, 0.15) is 23.7 Å². The summed E-state index contributed by atoms with van der Waals surface area (Å²) in [6, 6.07) is 6.79. The van der Waals surface area contributed by atoms with Crippen LogP contribution in [0.5, 0.6) is 0 Å². The van der Waals surface area contributed by atoms with E-state index in [9.17, 15) is 18.0 Å². The van der Waals surface area contributed by atoms with Gasteiger partial charge in [0.15, 0.2) is 5.65 Å². The van der Waals surface area contributed by atoms with Gasteiger partial charge in [-0.25, -0.2) is 23.8 Å². The number of aryl methyl sites for hydroxylation is 1. The Morgan fingerprint density at radius 3 is 2.51 bits per heavy atom. The third-order valence-electron chi connectivity index (χ3n) is 7.74. The van der Waals surface area contributed by atoms with E-state index >= 15 is 4.39 Å². The molecule has 15 heteroatoms. The molecule has 45 heavy (non-hydrogen) atoms. The molecule has 4 aromatic rings. The van der Waals surface area contributed by atoms with Gasteiger partial charge in [0.2, 0.25) is 0 Å². The monoisotopic (exact) mass is 629 g/mol. The largest absolute Gasteiger partial charge is 0.416 e. The standard InChI is InChI=1S/C30H35F4N9O2/c1-41-10-12-42(13-11-41)17-20-5-7-21(16-22(20)30(32,33)34)38-29(45)39-24-8-6-19(15-23(24)31)26-25-27(35)36-18-37-28(25)43(40-26)9-3-2-4-14-44/h5-8,15-16,18,44H,2-4,9-14,17H2,1H3,(H2,35,36,37)(H2,38,39,45). The van der Waals surface area contributed by atoms with Crippen LogP contribution in [-0.4, -0.2) is 80.5 Å². The van der Waals surface area contributed by atoms with Crippen LogP contribution in [0.3, 0.4) is 0 Å². The van der Waals surface area contributed by atoms with E-state index in [2.05, 4.69) is 30.6 Å². The van der Waals surface area contributed by atoms with Gasteiger partial charge < -0.3 is 26.4 Å². The van der Waals surface area contributed by atoms with Gasteiger partial charge in [-0.05, 0) is 56.1 Å². The number of nitrogens with two attached hydrogens (primary N) is 1. The summed E-state index contributed by atoms with van der Waals surface area (Å²) in [5.74, 6) is -0.617. The van der Waals surface area contributed by atoms with Crippen molar-refractivity contribution in [2.24, 2.45) is 0 Å². The number of unbranched alkanes of at least 4 members (excludes halogenated alkanes) is 2. The summed E-state index contributed by atoms with van der Waals surface area (Å²) in [7, 11) is 1.97. The molecule has 0 bridgehead atoms. The number of likely N-dealkylation sites (N-methyl/N-ethyl adjacent to an activating group) is 1. The van der Waals surface area contributed by atoms with E-state index in [4.69, 9.17) is 10.8 Å². The molecule has 0 radical (unpaired) electrons. The Balaban J connectivity index is 1.30. The van der Waals surface area contributed by atoms with Crippen molar-refractivity contribution in [3.8, 4) is 11.3 Å². The van der Waals surface area contributed by atoms with Crippen molar-refractivity contribution >= 4 is 34.3 Å². The number of urea groups is 1. The van der Waals surface area contributed by atoms with Gasteiger partial charge in [0, 0.05) is 57.1 Å². The van der Waals surface area contributed by atoms with Crippen molar-refractivity contribution in [2.45, 2.75) is 38.5 Å². The Morgan fingerprint density at radius 2 is 1.80 bits per heavy atom. The molecular weight excluding hydrogens is 594 g/mol. The first-order valence-electron chi connectivity index (χ1n) is 14.6. The molecule has 11 nitrogen and oxygen atoms in total. The molecular formula is C30H35F4N9O2. The Kier molecular flexibility index (Phi) is 9.80. The van der Waals surface area contributed by atoms with Gasteiger partial charge in [-0.15, -0.1) is 0 Å². The SMILES string of the molecule is CN1CCN(Cc2ccc(NC(=O)Nc3ccc(-c4nn(CCCCCO)c5ncnc(N)c45)cc3F)cc2C(F)(F)F)CC1. The van der Waals surface area contributed by atoms with Gasteiger partial charge in [0.05, 0.1) is 16.6 Å². The van der Waals surface area contributed by atoms with Crippen LogP contribution in [-0.2, 0) is 19.3 Å². The summed E-state index contributed by atoms with van der Waals surface area (Å²) in [6.45, 7) is 3.59. The first kappa shape index (κ1) is 32.1. The van der Waals surface area contributed by atoms with E-state index in [1.807, 2.05) is 11.9 Å². The van der Waals surface area contributed by atoms with Crippen molar-refractivity contribution in [1.29, 1.82) is 0 Å². The van der Waals surface area contributed by atoms with E-state index in [0.29, 0.717) is 48.3 Å². The second-order valence-electron chi connectivity index (χ2n) is 11.0. The lowest BCUT2D eigenvalue weighted by molar-refractivity contribution is -0.138. The minimum Gasteiger partial charge on any atom is -0.396 e. The average molecular weight is 630 g/mol. The number of aromatic nitrogens is 4. The minimum atomic E-state index is -4.62. The summed E-state index contributed by atoms with van der Waals surface area (Å²) in [6.07, 6.45) is -1.14. The molecule has 1 fully saturated rings. The first-order chi connectivity index (χ1) is 21.5. The Labute approximate surface area is 257 Å². The van der Waals surface area contributed by atoms with Crippen molar-refractivity contribution in [1.82, 2.24) is 29.5 Å². The van der Waals surface area contributed by atoms with Crippen molar-refractivity contribution in [3.05, 3.63) is 59.7 Å². The number of halogens is 4. The summed E-state index contributed by atoms with van der Waals surface area (Å²) in [4.78, 5) is 25.1. The van der Waals surface area contributed by atoms with E-state index in [1.54, 1.807) is 4.68 Å². The maximum Gasteiger partial charge on any atom is 0.416 e. The highest BCUT2D eigenvalue weighted by atomic mass is 19.4. The number of carbonyl (C=O) groups is 1. The fourth-order valence-corrected chi connectivity index (χ4v) is 5.29. The predicted octanol–water partition coefficient (Wildman–Crippen LogP) is 4.79. The molecule has 5 N–H and O–H groups in total. The molecule has 1 saturated heterocycles. The fourth-order valence-electron chi connectivity index (χ4n) is 5.29. The molecule has 2 aromatic heterocycles. The number of piperazine rings is 1. The number of aliphatic hydroxyl groups excluding tert-OH is 1. The van der Waals surface area contributed by atoms with Crippen molar-refractivity contribution < 1.29 is 27.5 Å². The quantitative estimate of drug-likeness (QED) is 0.145. The Bertz CT molecular complexity index is 1650. The number of anilines is 3. The number of hydrogen-bond acceptors (Lipinski definition) is 8. The minimum absolute atomic E-state index is 0.0783. The molecule has 5 rings (SSSR count). The molecule has 3 heterocycles. The normalized spacial score (nSPS) is 14.6. The number of nitrogens with zero attached hydrogens (tertiary/aromatic N) is 6. The van der Waals surface area contributed by atoms with Crippen LogP contribution in [0, 0.1) is 5.82 Å². The van der Waals surface area contributed by atoms with Crippen LogP contribution in [0.15, 0.2) is 42.7 Å². The van der Waals surface area contributed by atoms with Crippen LogP contribution in [0.25, 0.3) is 22.3 Å². The summed E-state index contributed by atoms with van der Waals surface area (Å²) in [5, 5.41) is 18.8. The Morgan fingerprint density at radius 1 is 1.02 bits per heavy atom. The van der Waals surface area contributed by atoms with Crippen LogP contribution < -0.4 is 16.4 Å². The zero-order chi connectivity index (χ0) is 32.1. The molecule has 1 aliphatic heterocycles. The molecule has 0 saturated carbocycles. The number of nitrogens with one attached hydrogen (secondary N) is 2. The maximum absolute atomic E-state index is 15.2.